The van der Waals surface area contributed by atoms with Crippen LogP contribution in [-0.4, -0.2) is 36.1 Å². The summed E-state index contributed by atoms with van der Waals surface area (Å²) in [4.78, 5) is 0. The molecule has 0 aliphatic carbocycles. The van der Waals surface area contributed by atoms with Crippen molar-refractivity contribution in [3.8, 4) is 0 Å². The first-order chi connectivity index (χ1) is 24.2. The summed E-state index contributed by atoms with van der Waals surface area (Å²) in [5.74, 6) is -1.30. The molecule has 5 atom stereocenters. The first kappa shape index (κ1) is 33.3. The van der Waals surface area contributed by atoms with Gasteiger partial charge in [-0.1, -0.05) is 133 Å². The van der Waals surface area contributed by atoms with E-state index >= 15 is 0 Å². The number of aliphatic hydroxyl groups excluding tert-OH is 1. The molecule has 252 valence electrons. The van der Waals surface area contributed by atoms with Crippen molar-refractivity contribution in [3.05, 3.63) is 178 Å². The smallest absolute Gasteiger partial charge is 0.226 e. The van der Waals surface area contributed by atoms with Crippen molar-refractivity contribution in [1.29, 1.82) is 0 Å². The number of hydrogen-bond acceptors (Lipinski definition) is 7. The number of rotatable bonds is 15. The van der Waals surface area contributed by atoms with Crippen LogP contribution in [0.3, 0.4) is 0 Å². The van der Waals surface area contributed by atoms with Gasteiger partial charge in [-0.2, -0.15) is 0 Å². The molecule has 1 N–H and O–H groups in total. The fraction of sp³-hybridized carbons (Fsp3) is 0.286. The van der Waals surface area contributed by atoms with Gasteiger partial charge >= 0.3 is 0 Å². The fourth-order valence-corrected chi connectivity index (χ4v) is 6.58. The van der Waals surface area contributed by atoms with Crippen LogP contribution in [0.4, 0.5) is 0 Å². The van der Waals surface area contributed by atoms with Crippen molar-refractivity contribution in [2.75, 3.05) is 6.61 Å². The molecule has 49 heavy (non-hydrogen) atoms. The van der Waals surface area contributed by atoms with Crippen LogP contribution in [0, 0.1) is 0 Å². The van der Waals surface area contributed by atoms with E-state index in [0.717, 1.165) is 38.9 Å². The Hall–Kier alpha value is -4.18. The minimum Gasteiger partial charge on any atom is -0.392 e. The van der Waals surface area contributed by atoms with E-state index in [0.29, 0.717) is 33.0 Å². The molecule has 1 saturated heterocycles. The van der Waals surface area contributed by atoms with Crippen LogP contribution >= 0.6 is 0 Å². The minimum atomic E-state index is -1.30. The summed E-state index contributed by atoms with van der Waals surface area (Å²) in [7, 11) is 0. The van der Waals surface area contributed by atoms with E-state index in [1.54, 1.807) is 0 Å². The molecule has 2 heterocycles. The molecular formula is C42H42O7. The highest BCUT2D eigenvalue weighted by Crippen LogP contribution is 2.51. The lowest BCUT2D eigenvalue weighted by molar-refractivity contribution is -0.280. The standard InChI is InChI=1S/C42H42O7/c43-24-35-21-22-36-29-48-42(37(36)23-35)41(47-28-34-19-11-4-12-20-34)40(46-27-33-17-9-3-10-18-33)39(49-42)38(45-26-32-15-7-2-8-16-32)30-44-25-31-13-5-1-6-14-31/h1-23,38-41,43H,24-30H2/t38-,39-,40+,41-,42+/m1/s1. The van der Waals surface area contributed by atoms with Crippen LogP contribution in [0.1, 0.15) is 38.9 Å². The summed E-state index contributed by atoms with van der Waals surface area (Å²) in [6.45, 7) is 1.94. The Kier molecular flexibility index (Phi) is 10.9. The van der Waals surface area contributed by atoms with Crippen molar-refractivity contribution < 1.29 is 33.5 Å². The van der Waals surface area contributed by atoms with E-state index in [-0.39, 0.29) is 13.2 Å². The highest BCUT2D eigenvalue weighted by molar-refractivity contribution is 5.40. The quantitative estimate of drug-likeness (QED) is 0.127. The van der Waals surface area contributed by atoms with E-state index in [9.17, 15) is 5.11 Å². The Labute approximate surface area is 288 Å². The Balaban J connectivity index is 1.25. The minimum absolute atomic E-state index is 0.105. The maximum Gasteiger partial charge on any atom is 0.226 e. The molecule has 0 saturated carbocycles. The molecule has 0 amide bonds. The van der Waals surface area contributed by atoms with E-state index < -0.39 is 30.2 Å². The number of ether oxygens (including phenoxy) is 6. The fourth-order valence-electron chi connectivity index (χ4n) is 6.58. The lowest BCUT2D eigenvalue weighted by Gasteiger charge is -2.32. The predicted octanol–water partition coefficient (Wildman–Crippen LogP) is 7.23. The zero-order valence-electron chi connectivity index (χ0n) is 27.4. The normalized spacial score (nSPS) is 21.9. The molecule has 0 bridgehead atoms. The maximum atomic E-state index is 10.1. The van der Waals surface area contributed by atoms with E-state index in [1.165, 1.54) is 0 Å². The molecule has 5 aromatic rings. The van der Waals surface area contributed by atoms with Crippen LogP contribution in [0.15, 0.2) is 140 Å². The van der Waals surface area contributed by atoms with Gasteiger partial charge in [0.2, 0.25) is 5.79 Å². The summed E-state index contributed by atoms with van der Waals surface area (Å²) in [5, 5.41) is 10.1. The van der Waals surface area contributed by atoms with E-state index in [1.807, 2.05) is 140 Å². The van der Waals surface area contributed by atoms with Gasteiger partial charge in [0, 0.05) is 5.56 Å². The molecule has 7 rings (SSSR count). The molecule has 0 unspecified atom stereocenters. The van der Waals surface area contributed by atoms with Crippen LogP contribution in [0.2, 0.25) is 0 Å². The van der Waals surface area contributed by atoms with Crippen molar-refractivity contribution >= 4 is 0 Å². The topological polar surface area (TPSA) is 75.6 Å². The summed E-state index contributed by atoms with van der Waals surface area (Å²) in [5.41, 5.74) is 6.74. The van der Waals surface area contributed by atoms with Crippen molar-refractivity contribution in [2.45, 2.75) is 69.8 Å². The SMILES string of the molecule is OCc1ccc2c(c1)[C@]1(OC2)O[C@H]([C@@H](COCc2ccccc2)OCc2ccccc2)[C@H](OCc2ccccc2)[C@H]1OCc1ccccc1. The molecule has 2 aliphatic heterocycles. The van der Waals surface area contributed by atoms with E-state index in [2.05, 4.69) is 0 Å². The average molecular weight is 659 g/mol. The number of fused-ring (bicyclic) bond motifs is 2. The van der Waals surface area contributed by atoms with Crippen LogP contribution in [0.25, 0.3) is 0 Å². The first-order valence-electron chi connectivity index (χ1n) is 16.8. The second-order valence-corrected chi connectivity index (χ2v) is 12.5. The molecule has 7 heteroatoms. The summed E-state index contributed by atoms with van der Waals surface area (Å²) >= 11 is 0. The zero-order chi connectivity index (χ0) is 33.3. The third-order valence-corrected chi connectivity index (χ3v) is 9.11. The molecular weight excluding hydrogens is 616 g/mol. The third-order valence-electron chi connectivity index (χ3n) is 9.11. The van der Waals surface area contributed by atoms with Gasteiger partial charge in [0.15, 0.2) is 0 Å². The Morgan fingerprint density at radius 3 is 1.78 bits per heavy atom. The Bertz CT molecular complexity index is 1740. The molecule has 0 aromatic heterocycles. The van der Waals surface area contributed by atoms with Gasteiger partial charge in [-0.05, 0) is 39.4 Å². The largest absolute Gasteiger partial charge is 0.392 e. The van der Waals surface area contributed by atoms with Gasteiger partial charge < -0.3 is 33.5 Å². The first-order valence-corrected chi connectivity index (χ1v) is 16.8. The van der Waals surface area contributed by atoms with Gasteiger partial charge in [0.05, 0.1) is 46.2 Å². The predicted molar refractivity (Wildman–Crippen MR) is 185 cm³/mol. The number of benzene rings is 5. The summed E-state index contributed by atoms with van der Waals surface area (Å²) in [6.07, 6.45) is -2.45. The van der Waals surface area contributed by atoms with Crippen molar-refractivity contribution in [1.82, 2.24) is 0 Å². The lowest BCUT2D eigenvalue weighted by Crippen LogP contribution is -2.46. The highest BCUT2D eigenvalue weighted by Gasteiger charge is 2.63. The summed E-state index contributed by atoms with van der Waals surface area (Å²) in [6, 6.07) is 46.2. The van der Waals surface area contributed by atoms with Crippen LogP contribution < -0.4 is 0 Å². The zero-order valence-corrected chi connectivity index (χ0v) is 27.4. The van der Waals surface area contributed by atoms with Crippen LogP contribution in [0.5, 0.6) is 0 Å². The summed E-state index contributed by atoms with van der Waals surface area (Å²) < 4.78 is 40.5. The molecule has 0 radical (unpaired) electrons. The van der Waals surface area contributed by atoms with Gasteiger partial charge in [0.1, 0.15) is 24.4 Å². The second kappa shape index (κ2) is 16.0. The lowest BCUT2D eigenvalue weighted by atomic mass is 9.93. The second-order valence-electron chi connectivity index (χ2n) is 12.5. The van der Waals surface area contributed by atoms with Gasteiger partial charge in [0.25, 0.3) is 0 Å². The van der Waals surface area contributed by atoms with Gasteiger partial charge in [-0.3, -0.25) is 0 Å². The molecule has 1 fully saturated rings. The highest BCUT2D eigenvalue weighted by atomic mass is 16.8. The monoisotopic (exact) mass is 658 g/mol. The third kappa shape index (κ3) is 7.85. The molecule has 2 aliphatic rings. The average Bonchev–Trinajstić information content (AvgIpc) is 3.69. The Morgan fingerprint density at radius 1 is 0.633 bits per heavy atom. The number of aliphatic hydroxyl groups is 1. The van der Waals surface area contributed by atoms with Crippen molar-refractivity contribution in [3.63, 3.8) is 0 Å². The van der Waals surface area contributed by atoms with Gasteiger partial charge in [-0.25, -0.2) is 0 Å². The number of hydrogen-bond donors (Lipinski definition) is 1. The Morgan fingerprint density at radius 2 is 1.18 bits per heavy atom. The van der Waals surface area contributed by atoms with Crippen LogP contribution in [-0.2, 0) is 73.8 Å². The maximum absolute atomic E-state index is 10.1. The van der Waals surface area contributed by atoms with Crippen molar-refractivity contribution in [2.24, 2.45) is 0 Å². The molecule has 7 nitrogen and oxygen atoms in total. The molecule has 1 spiro atoms. The van der Waals surface area contributed by atoms with E-state index in [4.69, 9.17) is 28.4 Å². The molecule has 5 aromatic carbocycles. The van der Waals surface area contributed by atoms with Gasteiger partial charge in [-0.15, -0.1) is 0 Å².